The second kappa shape index (κ2) is 10.2. The highest BCUT2D eigenvalue weighted by molar-refractivity contribution is 7.88. The molecule has 0 radical (unpaired) electrons. The minimum Gasteiger partial charge on any atom is -0.307 e. The third kappa shape index (κ3) is 5.97. The molecule has 0 aromatic heterocycles. The van der Waals surface area contributed by atoms with E-state index in [9.17, 15) is 8.42 Å². The lowest BCUT2D eigenvalue weighted by molar-refractivity contribution is 0.400. The summed E-state index contributed by atoms with van der Waals surface area (Å²) < 4.78 is 25.2. The van der Waals surface area contributed by atoms with E-state index in [1.807, 2.05) is 0 Å². The minimum atomic E-state index is -3.17. The molecule has 4 rings (SSSR count). The predicted octanol–water partition coefficient (Wildman–Crippen LogP) is 5.66. The molecular weight excluding hydrogens is 416 g/mol. The Morgan fingerprint density at radius 3 is 2.44 bits per heavy atom. The summed E-state index contributed by atoms with van der Waals surface area (Å²) in [5, 5.41) is 6.56. The average Bonchev–Trinajstić information content (AvgIpc) is 3.02. The second-order valence-corrected chi connectivity index (χ2v) is 11.0. The molecule has 0 amide bonds. The normalized spacial score (nSPS) is 20.7. The molecule has 3 aromatic carbocycles. The molecule has 1 aliphatic rings. The molecule has 3 aromatic rings. The SMILES string of the molecule is CC(NC1CCCCC(c2ccc(CNS(C)(=O)=O)cc2)C1)c1cccc2ccccc12. The van der Waals surface area contributed by atoms with Crippen molar-refractivity contribution in [3.8, 4) is 0 Å². The van der Waals surface area contributed by atoms with Gasteiger partial charge in [0, 0.05) is 18.6 Å². The van der Waals surface area contributed by atoms with Crippen molar-refractivity contribution in [1.82, 2.24) is 10.0 Å². The standard InChI is InChI=1S/C27H34N2O2S/c1-20(26-13-7-10-23-8-4-6-12-27(23)26)29-25-11-5-3-9-24(18-25)22-16-14-21(15-17-22)19-28-32(2,30)31/h4,6-8,10,12-17,20,24-25,28-29H,3,5,9,11,18-19H2,1-2H3. The maximum Gasteiger partial charge on any atom is 0.209 e. The van der Waals surface area contributed by atoms with E-state index in [0.29, 0.717) is 24.5 Å². The summed E-state index contributed by atoms with van der Waals surface area (Å²) in [7, 11) is -3.17. The van der Waals surface area contributed by atoms with Crippen molar-refractivity contribution in [3.05, 3.63) is 83.4 Å². The Bertz CT molecular complexity index is 1140. The van der Waals surface area contributed by atoms with E-state index in [0.717, 1.165) is 12.0 Å². The van der Waals surface area contributed by atoms with Crippen LogP contribution in [0.25, 0.3) is 10.8 Å². The van der Waals surface area contributed by atoms with E-state index in [1.54, 1.807) is 0 Å². The predicted molar refractivity (Wildman–Crippen MR) is 133 cm³/mol. The summed E-state index contributed by atoms with van der Waals surface area (Å²) in [5.41, 5.74) is 3.72. The van der Waals surface area contributed by atoms with Crippen molar-refractivity contribution in [2.24, 2.45) is 0 Å². The Kier molecular flexibility index (Phi) is 7.29. The Hall–Kier alpha value is -2.21. The van der Waals surface area contributed by atoms with Gasteiger partial charge in [0.05, 0.1) is 6.26 Å². The monoisotopic (exact) mass is 450 g/mol. The fourth-order valence-electron chi connectivity index (χ4n) is 5.01. The van der Waals surface area contributed by atoms with Crippen molar-refractivity contribution in [1.29, 1.82) is 0 Å². The van der Waals surface area contributed by atoms with Crippen LogP contribution in [0.1, 0.15) is 67.7 Å². The molecule has 1 saturated carbocycles. The zero-order chi connectivity index (χ0) is 22.6. The molecule has 170 valence electrons. The zero-order valence-electron chi connectivity index (χ0n) is 19.1. The first kappa shape index (κ1) is 23.0. The molecule has 2 N–H and O–H groups in total. The van der Waals surface area contributed by atoms with Gasteiger partial charge in [0.1, 0.15) is 0 Å². The second-order valence-electron chi connectivity index (χ2n) is 9.21. The van der Waals surface area contributed by atoms with Gasteiger partial charge in [0.2, 0.25) is 10.0 Å². The first-order valence-electron chi connectivity index (χ1n) is 11.7. The molecule has 3 atom stereocenters. The van der Waals surface area contributed by atoms with Crippen LogP contribution in [-0.2, 0) is 16.6 Å². The fraction of sp³-hybridized carbons (Fsp3) is 0.407. The number of rotatable bonds is 7. The zero-order valence-corrected chi connectivity index (χ0v) is 19.9. The number of nitrogens with one attached hydrogen (secondary N) is 2. The van der Waals surface area contributed by atoms with Gasteiger partial charge in [0.15, 0.2) is 0 Å². The smallest absolute Gasteiger partial charge is 0.209 e. The topological polar surface area (TPSA) is 58.2 Å². The molecule has 0 aliphatic heterocycles. The van der Waals surface area contributed by atoms with Crippen molar-refractivity contribution in [2.75, 3.05) is 6.26 Å². The van der Waals surface area contributed by atoms with Gasteiger partial charge in [-0.15, -0.1) is 0 Å². The highest BCUT2D eigenvalue weighted by atomic mass is 32.2. The van der Waals surface area contributed by atoms with Crippen LogP contribution in [0.5, 0.6) is 0 Å². The quantitative estimate of drug-likeness (QED) is 0.457. The fourth-order valence-corrected chi connectivity index (χ4v) is 5.44. The number of hydrogen-bond acceptors (Lipinski definition) is 3. The first-order chi connectivity index (χ1) is 15.4. The van der Waals surface area contributed by atoms with Gasteiger partial charge in [-0.2, -0.15) is 0 Å². The highest BCUT2D eigenvalue weighted by Crippen LogP contribution is 2.33. The highest BCUT2D eigenvalue weighted by Gasteiger charge is 2.23. The Balaban J connectivity index is 1.43. The third-order valence-corrected chi connectivity index (χ3v) is 7.36. The molecule has 1 fully saturated rings. The molecular formula is C27H34N2O2S. The molecule has 0 bridgehead atoms. The van der Waals surface area contributed by atoms with E-state index >= 15 is 0 Å². The molecule has 0 saturated heterocycles. The summed E-state index contributed by atoms with van der Waals surface area (Å²) in [6.45, 7) is 2.63. The lowest BCUT2D eigenvalue weighted by Crippen LogP contribution is -2.32. The van der Waals surface area contributed by atoms with Gasteiger partial charge in [-0.3, -0.25) is 0 Å². The van der Waals surface area contributed by atoms with E-state index in [4.69, 9.17) is 0 Å². The maximum atomic E-state index is 11.3. The van der Waals surface area contributed by atoms with Crippen molar-refractivity contribution in [3.63, 3.8) is 0 Å². The van der Waals surface area contributed by atoms with Crippen LogP contribution in [-0.4, -0.2) is 20.7 Å². The van der Waals surface area contributed by atoms with Crippen LogP contribution >= 0.6 is 0 Å². The van der Waals surface area contributed by atoms with E-state index in [2.05, 4.69) is 83.7 Å². The van der Waals surface area contributed by atoms with Crippen LogP contribution in [0.3, 0.4) is 0 Å². The molecule has 32 heavy (non-hydrogen) atoms. The summed E-state index contributed by atoms with van der Waals surface area (Å²) in [5.74, 6) is 0.534. The summed E-state index contributed by atoms with van der Waals surface area (Å²) in [4.78, 5) is 0. The molecule has 1 aliphatic carbocycles. The number of fused-ring (bicyclic) bond motifs is 1. The van der Waals surface area contributed by atoms with Gasteiger partial charge in [-0.1, -0.05) is 79.6 Å². The van der Waals surface area contributed by atoms with Crippen LogP contribution in [0, 0.1) is 0 Å². The van der Waals surface area contributed by atoms with Crippen molar-refractivity contribution in [2.45, 2.75) is 63.6 Å². The van der Waals surface area contributed by atoms with Gasteiger partial charge in [-0.25, -0.2) is 13.1 Å². The average molecular weight is 451 g/mol. The first-order valence-corrected chi connectivity index (χ1v) is 13.6. The van der Waals surface area contributed by atoms with Crippen LogP contribution in [0.15, 0.2) is 66.7 Å². The van der Waals surface area contributed by atoms with Crippen molar-refractivity contribution < 1.29 is 8.42 Å². The van der Waals surface area contributed by atoms with Crippen molar-refractivity contribution >= 4 is 20.8 Å². The largest absolute Gasteiger partial charge is 0.307 e. The minimum absolute atomic E-state index is 0.300. The number of hydrogen-bond donors (Lipinski definition) is 2. The summed E-state index contributed by atoms with van der Waals surface area (Å²) >= 11 is 0. The molecule has 0 heterocycles. The molecule has 5 heteroatoms. The molecule has 4 nitrogen and oxygen atoms in total. The van der Waals surface area contributed by atoms with Crippen LogP contribution in [0.2, 0.25) is 0 Å². The van der Waals surface area contributed by atoms with Gasteiger partial charge < -0.3 is 5.32 Å². The molecule has 3 unspecified atom stereocenters. The Morgan fingerprint density at radius 1 is 0.938 bits per heavy atom. The molecule has 0 spiro atoms. The van der Waals surface area contributed by atoms with E-state index in [1.165, 1.54) is 53.8 Å². The van der Waals surface area contributed by atoms with Gasteiger partial charge in [-0.05, 0) is 59.6 Å². The lowest BCUT2D eigenvalue weighted by atomic mass is 9.89. The number of benzene rings is 3. The maximum absolute atomic E-state index is 11.3. The van der Waals surface area contributed by atoms with Gasteiger partial charge >= 0.3 is 0 Å². The van der Waals surface area contributed by atoms with E-state index in [-0.39, 0.29) is 0 Å². The lowest BCUT2D eigenvalue weighted by Gasteiger charge is -2.26. The van der Waals surface area contributed by atoms with Crippen LogP contribution < -0.4 is 10.0 Å². The van der Waals surface area contributed by atoms with E-state index < -0.39 is 10.0 Å². The van der Waals surface area contributed by atoms with Gasteiger partial charge in [0.25, 0.3) is 0 Å². The number of sulfonamides is 1. The van der Waals surface area contributed by atoms with Crippen LogP contribution in [0.4, 0.5) is 0 Å². The third-order valence-electron chi connectivity index (χ3n) is 6.69. The summed E-state index contributed by atoms with van der Waals surface area (Å²) in [6, 6.07) is 24.5. The Morgan fingerprint density at radius 2 is 1.66 bits per heavy atom. The Labute approximate surface area is 192 Å². The summed E-state index contributed by atoms with van der Waals surface area (Å²) in [6.07, 6.45) is 7.26.